The van der Waals surface area contributed by atoms with Gasteiger partial charge in [-0.15, -0.1) is 11.8 Å². The van der Waals surface area contributed by atoms with E-state index >= 15 is 0 Å². The van der Waals surface area contributed by atoms with Gasteiger partial charge in [0.05, 0.1) is 6.61 Å². The molecule has 0 saturated heterocycles. The lowest BCUT2D eigenvalue weighted by molar-refractivity contribution is -0.142. The molecule has 4 heteroatoms. The Bertz CT molecular complexity index is 423. The van der Waals surface area contributed by atoms with E-state index < -0.39 is 0 Å². The van der Waals surface area contributed by atoms with Gasteiger partial charge >= 0.3 is 5.97 Å². The molecule has 1 aromatic rings. The van der Waals surface area contributed by atoms with E-state index in [-0.39, 0.29) is 11.2 Å². The van der Waals surface area contributed by atoms with Crippen LogP contribution in [0.2, 0.25) is 0 Å². The lowest BCUT2D eigenvalue weighted by Crippen LogP contribution is -2.17. The van der Waals surface area contributed by atoms with Crippen molar-refractivity contribution in [3.63, 3.8) is 0 Å². The average Bonchev–Trinajstić information content (AvgIpc) is 2.50. The van der Waals surface area contributed by atoms with Crippen LogP contribution in [0, 0.1) is 0 Å². The summed E-state index contributed by atoms with van der Waals surface area (Å²) >= 11 is 1.70. The molecule has 3 nitrogen and oxygen atoms in total. The van der Waals surface area contributed by atoms with E-state index in [9.17, 15) is 4.79 Å². The van der Waals surface area contributed by atoms with Crippen LogP contribution in [0.25, 0.3) is 0 Å². The van der Waals surface area contributed by atoms with Gasteiger partial charge in [-0.05, 0) is 50.2 Å². The molecule has 118 valence electrons. The number of ether oxygens (including phenoxy) is 1. The number of carbonyl (C=O) groups is 1. The zero-order chi connectivity index (χ0) is 15.5. The Labute approximate surface area is 132 Å². The maximum Gasteiger partial charge on any atom is 0.323 e. The van der Waals surface area contributed by atoms with Gasteiger partial charge in [-0.3, -0.25) is 4.79 Å². The van der Waals surface area contributed by atoms with Gasteiger partial charge < -0.3 is 10.1 Å². The minimum absolute atomic E-state index is 0.115. The average molecular weight is 309 g/mol. The summed E-state index contributed by atoms with van der Waals surface area (Å²) in [5, 5.41) is 2.96. The molecule has 0 heterocycles. The number of likely N-dealkylation sites (N-methyl/N-ethyl adjacent to an activating group) is 1. The number of benzene rings is 1. The highest BCUT2D eigenvalue weighted by molar-refractivity contribution is 8.00. The van der Waals surface area contributed by atoms with Crippen molar-refractivity contribution in [3.05, 3.63) is 35.4 Å². The van der Waals surface area contributed by atoms with Crippen LogP contribution in [0.5, 0.6) is 0 Å². The minimum Gasteiger partial charge on any atom is -0.465 e. The van der Waals surface area contributed by atoms with Gasteiger partial charge in [0, 0.05) is 0 Å². The fraction of sp³-hybridized carbons (Fsp3) is 0.588. The van der Waals surface area contributed by atoms with Crippen LogP contribution < -0.4 is 5.32 Å². The van der Waals surface area contributed by atoms with Crippen molar-refractivity contribution in [2.75, 3.05) is 26.0 Å². The summed E-state index contributed by atoms with van der Waals surface area (Å²) < 4.78 is 5.27. The van der Waals surface area contributed by atoms with Gasteiger partial charge in [-0.25, -0.2) is 0 Å². The summed E-state index contributed by atoms with van der Waals surface area (Å²) in [7, 11) is 1.95. The molecule has 0 aliphatic heterocycles. The second kappa shape index (κ2) is 10.7. The van der Waals surface area contributed by atoms with Gasteiger partial charge in [0.2, 0.25) is 0 Å². The van der Waals surface area contributed by atoms with Crippen LogP contribution in [0.1, 0.15) is 43.1 Å². The normalized spacial score (nSPS) is 12.1. The van der Waals surface area contributed by atoms with Crippen LogP contribution in [0.4, 0.5) is 0 Å². The molecule has 0 saturated carbocycles. The highest BCUT2D eigenvalue weighted by Crippen LogP contribution is 2.33. The molecule has 1 aromatic carbocycles. The third-order valence-electron chi connectivity index (χ3n) is 3.26. The van der Waals surface area contributed by atoms with Gasteiger partial charge in [-0.1, -0.05) is 37.6 Å². The van der Waals surface area contributed by atoms with Crippen LogP contribution in [-0.4, -0.2) is 31.9 Å². The quantitative estimate of drug-likeness (QED) is 0.529. The third kappa shape index (κ3) is 6.10. The van der Waals surface area contributed by atoms with Gasteiger partial charge in [0.1, 0.15) is 5.25 Å². The first-order chi connectivity index (χ1) is 10.2. The van der Waals surface area contributed by atoms with Gasteiger partial charge in [-0.2, -0.15) is 0 Å². The highest BCUT2D eigenvalue weighted by atomic mass is 32.2. The van der Waals surface area contributed by atoms with E-state index in [1.54, 1.807) is 11.8 Å². The summed E-state index contributed by atoms with van der Waals surface area (Å²) in [6, 6.07) is 8.21. The Kier molecular flexibility index (Phi) is 9.19. The summed E-state index contributed by atoms with van der Waals surface area (Å²) in [4.78, 5) is 12.3. The molecule has 0 amide bonds. The molecule has 0 aliphatic carbocycles. The van der Waals surface area contributed by atoms with Crippen molar-refractivity contribution >= 4 is 17.7 Å². The van der Waals surface area contributed by atoms with Crippen molar-refractivity contribution in [2.24, 2.45) is 0 Å². The standard InChI is InChI=1S/C17H27NO2S/c1-4-6-13-21-16(17(19)20-5-2)15-10-8-7-9-14(15)11-12-18-3/h7-10,16,18H,4-6,11-13H2,1-3H3. The first-order valence-corrected chi connectivity index (χ1v) is 8.80. The second-order valence-corrected chi connectivity index (χ2v) is 6.12. The summed E-state index contributed by atoms with van der Waals surface area (Å²) in [6.45, 7) is 5.37. The molecule has 1 atom stereocenters. The summed E-state index contributed by atoms with van der Waals surface area (Å²) in [6.07, 6.45) is 3.19. The van der Waals surface area contributed by atoms with E-state index in [2.05, 4.69) is 24.4 Å². The lowest BCUT2D eigenvalue weighted by atomic mass is 10.0. The molecule has 0 spiro atoms. The number of thioether (sulfide) groups is 1. The Balaban J connectivity index is 2.92. The molecule has 0 aliphatic rings. The molecule has 0 radical (unpaired) electrons. The number of rotatable bonds is 10. The zero-order valence-electron chi connectivity index (χ0n) is 13.4. The fourth-order valence-electron chi connectivity index (χ4n) is 2.13. The van der Waals surface area contributed by atoms with E-state index in [1.165, 1.54) is 5.56 Å². The maximum atomic E-state index is 12.3. The van der Waals surface area contributed by atoms with E-state index in [4.69, 9.17) is 4.74 Å². The van der Waals surface area contributed by atoms with Crippen LogP contribution in [-0.2, 0) is 16.0 Å². The van der Waals surface area contributed by atoms with E-state index in [0.717, 1.165) is 37.1 Å². The highest BCUT2D eigenvalue weighted by Gasteiger charge is 2.24. The zero-order valence-corrected chi connectivity index (χ0v) is 14.2. The number of hydrogen-bond acceptors (Lipinski definition) is 4. The topological polar surface area (TPSA) is 38.3 Å². The largest absolute Gasteiger partial charge is 0.465 e. The SMILES string of the molecule is CCCCSC(C(=O)OCC)c1ccccc1CCNC. The van der Waals surface area contributed by atoms with Crippen LogP contribution in [0.15, 0.2) is 24.3 Å². The van der Waals surface area contributed by atoms with Crippen molar-refractivity contribution < 1.29 is 9.53 Å². The summed E-state index contributed by atoms with van der Waals surface area (Å²) in [5.41, 5.74) is 2.33. The van der Waals surface area contributed by atoms with Gasteiger partial charge in [0.25, 0.3) is 0 Å². The molecule has 1 N–H and O–H groups in total. The van der Waals surface area contributed by atoms with Crippen molar-refractivity contribution in [3.8, 4) is 0 Å². The molecule has 0 bridgehead atoms. The van der Waals surface area contributed by atoms with Crippen molar-refractivity contribution in [1.82, 2.24) is 5.32 Å². The number of unbranched alkanes of at least 4 members (excludes halogenated alkanes) is 1. The molecular formula is C17H27NO2S. The number of nitrogens with one attached hydrogen (secondary N) is 1. The van der Waals surface area contributed by atoms with E-state index in [0.29, 0.717) is 6.61 Å². The van der Waals surface area contributed by atoms with Gasteiger partial charge in [0.15, 0.2) is 0 Å². The summed E-state index contributed by atoms with van der Waals surface area (Å²) in [5.74, 6) is 0.871. The fourth-order valence-corrected chi connectivity index (χ4v) is 3.43. The smallest absolute Gasteiger partial charge is 0.323 e. The first kappa shape index (κ1) is 18.1. The predicted molar refractivity (Wildman–Crippen MR) is 90.8 cm³/mol. The monoisotopic (exact) mass is 309 g/mol. The minimum atomic E-state index is -0.204. The molecule has 1 rings (SSSR count). The van der Waals surface area contributed by atoms with Crippen molar-refractivity contribution in [2.45, 2.75) is 38.4 Å². The molecular weight excluding hydrogens is 282 g/mol. The number of hydrogen-bond donors (Lipinski definition) is 1. The lowest BCUT2D eigenvalue weighted by Gasteiger charge is -2.19. The third-order valence-corrected chi connectivity index (χ3v) is 4.57. The maximum absolute atomic E-state index is 12.3. The predicted octanol–water partition coefficient (Wildman–Crippen LogP) is 3.59. The number of esters is 1. The van der Waals surface area contributed by atoms with Crippen molar-refractivity contribution in [1.29, 1.82) is 0 Å². The Morgan fingerprint density at radius 3 is 2.76 bits per heavy atom. The Morgan fingerprint density at radius 2 is 2.10 bits per heavy atom. The van der Waals surface area contributed by atoms with E-state index in [1.807, 2.05) is 26.1 Å². The molecule has 0 aromatic heterocycles. The molecule has 0 fully saturated rings. The second-order valence-electron chi connectivity index (χ2n) is 4.91. The van der Waals surface area contributed by atoms with Crippen LogP contribution >= 0.6 is 11.8 Å². The van der Waals surface area contributed by atoms with Crippen LogP contribution in [0.3, 0.4) is 0 Å². The Hall–Kier alpha value is -1.00. The molecule has 21 heavy (non-hydrogen) atoms. The molecule has 1 unspecified atom stereocenters. The number of carbonyl (C=O) groups excluding carboxylic acids is 1. The Morgan fingerprint density at radius 1 is 1.33 bits per heavy atom. The first-order valence-electron chi connectivity index (χ1n) is 7.75.